The van der Waals surface area contributed by atoms with Crippen LogP contribution in [0.5, 0.6) is 0 Å². The van der Waals surface area contributed by atoms with Gasteiger partial charge >= 0.3 is 5.97 Å². The summed E-state index contributed by atoms with van der Waals surface area (Å²) in [7, 11) is 0. The van der Waals surface area contributed by atoms with Crippen molar-refractivity contribution in [1.29, 1.82) is 0 Å². The molecule has 0 bridgehead atoms. The van der Waals surface area contributed by atoms with Gasteiger partial charge in [-0.3, -0.25) is 4.79 Å². The molecule has 94 valence electrons. The van der Waals surface area contributed by atoms with Crippen molar-refractivity contribution in [2.45, 2.75) is 64.6 Å². The number of carbonyl (C=O) groups is 1. The molecule has 0 amide bonds. The van der Waals surface area contributed by atoms with Gasteiger partial charge in [0.1, 0.15) is 11.7 Å². The summed E-state index contributed by atoms with van der Waals surface area (Å²) < 4.78 is 5.01. The summed E-state index contributed by atoms with van der Waals surface area (Å²) in [5, 5.41) is 10.2. The molecule has 3 heteroatoms. The van der Waals surface area contributed by atoms with Crippen LogP contribution in [0.25, 0.3) is 0 Å². The zero-order chi connectivity index (χ0) is 12.6. The topological polar surface area (TPSA) is 46.5 Å². The van der Waals surface area contributed by atoms with E-state index in [0.717, 1.165) is 19.3 Å². The number of esters is 1. The van der Waals surface area contributed by atoms with Gasteiger partial charge in [0.05, 0.1) is 0 Å². The Balaban J connectivity index is 4.14. The molecule has 3 nitrogen and oxygen atoms in total. The van der Waals surface area contributed by atoms with Crippen molar-refractivity contribution >= 4 is 5.97 Å². The summed E-state index contributed by atoms with van der Waals surface area (Å²) in [6.07, 6.45) is 5.85. The molecular weight excluding hydrogens is 204 g/mol. The first-order valence-corrected chi connectivity index (χ1v) is 5.96. The summed E-state index contributed by atoms with van der Waals surface area (Å²) in [5.41, 5.74) is -1.01. The maximum atomic E-state index is 10.9. The summed E-state index contributed by atoms with van der Waals surface area (Å²) >= 11 is 0. The summed E-state index contributed by atoms with van der Waals surface area (Å²) in [4.78, 5) is 10.9. The van der Waals surface area contributed by atoms with Gasteiger partial charge in [0.2, 0.25) is 0 Å². The van der Waals surface area contributed by atoms with Crippen LogP contribution in [-0.4, -0.2) is 22.8 Å². The molecule has 16 heavy (non-hydrogen) atoms. The Hall–Kier alpha value is -0.830. The van der Waals surface area contributed by atoms with E-state index in [-0.39, 0.29) is 0 Å². The molecule has 0 fully saturated rings. The van der Waals surface area contributed by atoms with Crippen LogP contribution in [0.2, 0.25) is 0 Å². The number of ether oxygens (including phenoxy) is 1. The van der Waals surface area contributed by atoms with E-state index in [2.05, 4.69) is 13.5 Å². The largest absolute Gasteiger partial charge is 0.455 e. The summed E-state index contributed by atoms with van der Waals surface area (Å²) in [5.74, 6) is -0.390. The van der Waals surface area contributed by atoms with Gasteiger partial charge in [0, 0.05) is 6.92 Å². The quantitative estimate of drug-likeness (QED) is 0.395. The fourth-order valence-electron chi connectivity index (χ4n) is 1.66. The molecular formula is C13H24O3. The Kier molecular flexibility index (Phi) is 7.06. The highest BCUT2D eigenvalue weighted by Gasteiger charge is 2.31. The highest BCUT2D eigenvalue weighted by atomic mass is 16.6. The van der Waals surface area contributed by atoms with E-state index in [1.165, 1.54) is 19.4 Å². The molecule has 0 unspecified atom stereocenters. The second-order valence-electron chi connectivity index (χ2n) is 4.43. The number of hydrogen-bond acceptors (Lipinski definition) is 3. The minimum Gasteiger partial charge on any atom is -0.455 e. The molecule has 0 saturated heterocycles. The fraction of sp³-hybridized carbons (Fsp3) is 0.769. The van der Waals surface area contributed by atoms with Crippen LogP contribution in [0.4, 0.5) is 0 Å². The van der Waals surface area contributed by atoms with E-state index in [9.17, 15) is 9.90 Å². The van der Waals surface area contributed by atoms with Gasteiger partial charge in [-0.25, -0.2) is 0 Å². The number of unbranched alkanes of at least 4 members (excludes halogenated alkanes) is 3. The molecule has 0 aromatic rings. The second-order valence-corrected chi connectivity index (χ2v) is 4.43. The van der Waals surface area contributed by atoms with Crippen LogP contribution in [0.1, 0.15) is 52.9 Å². The molecule has 1 N–H and O–H groups in total. The molecule has 2 atom stereocenters. The van der Waals surface area contributed by atoms with E-state index in [4.69, 9.17) is 4.74 Å². The lowest BCUT2D eigenvalue weighted by molar-refractivity contribution is -0.156. The van der Waals surface area contributed by atoms with Crippen LogP contribution in [-0.2, 0) is 9.53 Å². The lowest BCUT2D eigenvalue weighted by atomic mass is 9.92. The molecule has 0 rings (SSSR count). The minimum absolute atomic E-state index is 0.390. The Morgan fingerprint density at radius 2 is 2.12 bits per heavy atom. The molecule has 0 aliphatic carbocycles. The molecule has 0 aliphatic heterocycles. The fourth-order valence-corrected chi connectivity index (χ4v) is 1.66. The number of hydrogen-bond donors (Lipinski definition) is 1. The van der Waals surface area contributed by atoms with Crippen molar-refractivity contribution in [3.63, 3.8) is 0 Å². The van der Waals surface area contributed by atoms with Gasteiger partial charge in [-0.15, -0.1) is 0 Å². The van der Waals surface area contributed by atoms with Crippen LogP contribution >= 0.6 is 0 Å². The average Bonchev–Trinajstić information content (AvgIpc) is 2.20. The molecule has 0 aromatic heterocycles. The number of aliphatic hydroxyl groups is 1. The SMILES string of the molecule is C=C[C@@H](OC(C)=O)[C@](C)(O)CCCCCC. The molecule has 0 heterocycles. The Morgan fingerprint density at radius 3 is 2.56 bits per heavy atom. The Bertz CT molecular complexity index is 221. The summed E-state index contributed by atoms with van der Waals surface area (Å²) in [6.45, 7) is 8.76. The van der Waals surface area contributed by atoms with Crippen molar-refractivity contribution in [2.24, 2.45) is 0 Å². The third-order valence-electron chi connectivity index (χ3n) is 2.66. The third kappa shape index (κ3) is 5.91. The predicted octanol–water partition coefficient (Wildman–Crippen LogP) is 2.83. The summed E-state index contributed by atoms with van der Waals surface area (Å²) in [6, 6.07) is 0. The van der Waals surface area contributed by atoms with E-state index in [1.54, 1.807) is 6.92 Å². The average molecular weight is 228 g/mol. The van der Waals surface area contributed by atoms with Crippen LogP contribution in [0.3, 0.4) is 0 Å². The lowest BCUT2D eigenvalue weighted by Crippen LogP contribution is -2.40. The van der Waals surface area contributed by atoms with Gasteiger partial charge in [-0.2, -0.15) is 0 Å². The molecule has 0 spiro atoms. The van der Waals surface area contributed by atoms with Crippen molar-refractivity contribution in [3.05, 3.63) is 12.7 Å². The lowest BCUT2D eigenvalue weighted by Gasteiger charge is -2.30. The van der Waals surface area contributed by atoms with Crippen molar-refractivity contribution in [3.8, 4) is 0 Å². The predicted molar refractivity (Wildman–Crippen MR) is 65.1 cm³/mol. The molecule has 0 radical (unpaired) electrons. The van der Waals surface area contributed by atoms with Gasteiger partial charge in [-0.05, 0) is 19.4 Å². The van der Waals surface area contributed by atoms with Crippen molar-refractivity contribution in [2.75, 3.05) is 0 Å². The van der Waals surface area contributed by atoms with Gasteiger partial charge < -0.3 is 9.84 Å². The van der Waals surface area contributed by atoms with E-state index in [1.807, 2.05) is 0 Å². The van der Waals surface area contributed by atoms with Gasteiger partial charge in [0.15, 0.2) is 0 Å². The molecule has 0 saturated carbocycles. The second kappa shape index (κ2) is 7.44. The van der Waals surface area contributed by atoms with Crippen molar-refractivity contribution in [1.82, 2.24) is 0 Å². The first-order chi connectivity index (χ1) is 7.44. The van der Waals surface area contributed by atoms with Gasteiger partial charge in [-0.1, -0.05) is 39.2 Å². The first-order valence-electron chi connectivity index (χ1n) is 5.96. The zero-order valence-corrected chi connectivity index (χ0v) is 10.7. The minimum atomic E-state index is -1.01. The smallest absolute Gasteiger partial charge is 0.303 e. The maximum Gasteiger partial charge on any atom is 0.303 e. The monoisotopic (exact) mass is 228 g/mol. The zero-order valence-electron chi connectivity index (χ0n) is 10.7. The first kappa shape index (κ1) is 15.2. The normalized spacial score (nSPS) is 16.2. The highest BCUT2D eigenvalue weighted by Crippen LogP contribution is 2.22. The molecule has 0 aliphatic rings. The maximum absolute atomic E-state index is 10.9. The van der Waals surface area contributed by atoms with Crippen LogP contribution in [0.15, 0.2) is 12.7 Å². The van der Waals surface area contributed by atoms with E-state index >= 15 is 0 Å². The van der Waals surface area contributed by atoms with E-state index < -0.39 is 17.7 Å². The number of rotatable bonds is 8. The Morgan fingerprint density at radius 1 is 1.50 bits per heavy atom. The van der Waals surface area contributed by atoms with Crippen LogP contribution < -0.4 is 0 Å². The standard InChI is InChI=1S/C13H24O3/c1-5-7-8-9-10-13(4,15)12(6-2)16-11(3)14/h6,12,15H,2,5,7-10H2,1,3-4H3/t12-,13-/m1/s1. The number of carbonyl (C=O) groups excluding carboxylic acids is 1. The van der Waals surface area contributed by atoms with Crippen LogP contribution in [0, 0.1) is 0 Å². The molecule has 0 aromatic carbocycles. The van der Waals surface area contributed by atoms with E-state index in [0.29, 0.717) is 6.42 Å². The van der Waals surface area contributed by atoms with Gasteiger partial charge in [0.25, 0.3) is 0 Å². The Labute approximate surface area is 98.5 Å². The highest BCUT2D eigenvalue weighted by molar-refractivity contribution is 5.66. The van der Waals surface area contributed by atoms with Crippen molar-refractivity contribution < 1.29 is 14.6 Å². The third-order valence-corrected chi connectivity index (χ3v) is 2.66.